The first kappa shape index (κ1) is 26.4. The predicted molar refractivity (Wildman–Crippen MR) is 154 cm³/mol. The second-order valence-electron chi connectivity index (χ2n) is 9.54. The summed E-state index contributed by atoms with van der Waals surface area (Å²) in [4.78, 5) is 32.6. The molecule has 1 saturated heterocycles. The van der Waals surface area contributed by atoms with E-state index >= 15 is 0 Å². The summed E-state index contributed by atoms with van der Waals surface area (Å²) in [5, 5.41) is 9.38. The Labute approximate surface area is 233 Å². The molecular formula is C31H30ClN5O2. The van der Waals surface area contributed by atoms with Gasteiger partial charge in [0.1, 0.15) is 6.54 Å². The lowest BCUT2D eigenvalue weighted by Gasteiger charge is -2.37. The molecule has 0 N–H and O–H groups in total. The van der Waals surface area contributed by atoms with Gasteiger partial charge in [-0.3, -0.25) is 9.59 Å². The van der Waals surface area contributed by atoms with E-state index in [2.05, 4.69) is 15.1 Å². The number of hydrogen-bond acceptors (Lipinski definition) is 5. The molecule has 1 unspecified atom stereocenters. The molecule has 198 valence electrons. The van der Waals surface area contributed by atoms with Gasteiger partial charge in [-0.25, -0.2) is 0 Å². The normalized spacial score (nSPS) is 14.1. The van der Waals surface area contributed by atoms with Gasteiger partial charge < -0.3 is 14.7 Å². The number of carbonyl (C=O) groups is 2. The van der Waals surface area contributed by atoms with Crippen LogP contribution in [-0.4, -0.2) is 64.5 Å². The molecule has 4 aromatic rings. The number of nitrogens with zero attached hydrogens (tertiary/aromatic N) is 5. The SMILES string of the molecule is CC(c1ccccc1)N(CC(=O)N1CCN(c2ccc(-c3ccccc3)nn2)CC1)C(=O)c1ccc(Cl)cc1. The third-order valence-electron chi connectivity index (χ3n) is 7.08. The van der Waals surface area contributed by atoms with Crippen LogP contribution in [0.5, 0.6) is 0 Å². The molecule has 1 aromatic heterocycles. The first-order chi connectivity index (χ1) is 19.0. The number of halogens is 1. The lowest BCUT2D eigenvalue weighted by atomic mass is 10.1. The Balaban J connectivity index is 1.25. The highest BCUT2D eigenvalue weighted by Crippen LogP contribution is 2.24. The van der Waals surface area contributed by atoms with Crippen molar-refractivity contribution in [2.45, 2.75) is 13.0 Å². The van der Waals surface area contributed by atoms with E-state index in [1.54, 1.807) is 29.2 Å². The van der Waals surface area contributed by atoms with Crippen molar-refractivity contribution in [2.75, 3.05) is 37.6 Å². The van der Waals surface area contributed by atoms with E-state index in [9.17, 15) is 9.59 Å². The van der Waals surface area contributed by atoms with Gasteiger partial charge in [-0.2, -0.15) is 0 Å². The van der Waals surface area contributed by atoms with E-state index in [-0.39, 0.29) is 24.4 Å². The van der Waals surface area contributed by atoms with Crippen molar-refractivity contribution in [3.05, 3.63) is 113 Å². The van der Waals surface area contributed by atoms with E-state index in [4.69, 9.17) is 11.6 Å². The molecule has 8 heteroatoms. The minimum absolute atomic E-state index is 0.0108. The molecule has 1 fully saturated rings. The zero-order valence-corrected chi connectivity index (χ0v) is 22.5. The van der Waals surface area contributed by atoms with Crippen molar-refractivity contribution in [2.24, 2.45) is 0 Å². The molecule has 1 aliphatic heterocycles. The minimum Gasteiger partial charge on any atom is -0.352 e. The predicted octanol–water partition coefficient (Wildman–Crippen LogP) is 5.35. The lowest BCUT2D eigenvalue weighted by Crippen LogP contribution is -2.52. The van der Waals surface area contributed by atoms with Gasteiger partial charge in [-0.05, 0) is 48.9 Å². The molecule has 39 heavy (non-hydrogen) atoms. The number of aromatic nitrogens is 2. The van der Waals surface area contributed by atoms with Crippen molar-refractivity contribution in [1.82, 2.24) is 20.0 Å². The number of benzene rings is 3. The number of amides is 2. The molecule has 1 aliphatic rings. The number of hydrogen-bond donors (Lipinski definition) is 0. The monoisotopic (exact) mass is 539 g/mol. The molecule has 3 aromatic carbocycles. The molecule has 0 bridgehead atoms. The molecular weight excluding hydrogens is 510 g/mol. The van der Waals surface area contributed by atoms with Crippen molar-refractivity contribution in [3.63, 3.8) is 0 Å². The molecule has 0 spiro atoms. The average Bonchev–Trinajstić information content (AvgIpc) is 3.00. The molecule has 0 saturated carbocycles. The van der Waals surface area contributed by atoms with Crippen LogP contribution in [0.25, 0.3) is 11.3 Å². The summed E-state index contributed by atoms with van der Waals surface area (Å²) in [6.45, 7) is 4.32. The first-order valence-electron chi connectivity index (χ1n) is 13.0. The summed E-state index contributed by atoms with van der Waals surface area (Å²) in [6.07, 6.45) is 0. The Morgan fingerprint density at radius 1 is 0.821 bits per heavy atom. The molecule has 0 radical (unpaired) electrons. The maximum Gasteiger partial charge on any atom is 0.254 e. The van der Waals surface area contributed by atoms with Crippen LogP contribution in [0.15, 0.2) is 97.1 Å². The minimum atomic E-state index is -0.280. The second kappa shape index (κ2) is 12.1. The van der Waals surface area contributed by atoms with E-state index in [1.807, 2.05) is 84.6 Å². The van der Waals surface area contributed by atoms with Crippen LogP contribution < -0.4 is 4.90 Å². The Hall–Kier alpha value is -4.23. The Morgan fingerprint density at radius 2 is 1.46 bits per heavy atom. The highest BCUT2D eigenvalue weighted by Gasteiger charge is 2.29. The zero-order chi connectivity index (χ0) is 27.2. The van der Waals surface area contributed by atoms with Gasteiger partial charge >= 0.3 is 0 Å². The summed E-state index contributed by atoms with van der Waals surface area (Å²) in [5.74, 6) is 0.507. The third kappa shape index (κ3) is 6.26. The molecule has 5 rings (SSSR count). The van der Waals surface area contributed by atoms with Crippen molar-refractivity contribution in [1.29, 1.82) is 0 Å². The fourth-order valence-electron chi connectivity index (χ4n) is 4.74. The molecule has 2 amide bonds. The van der Waals surface area contributed by atoms with Gasteiger partial charge in [0.05, 0.1) is 11.7 Å². The summed E-state index contributed by atoms with van der Waals surface area (Å²) in [6, 6.07) is 30.1. The van der Waals surface area contributed by atoms with Crippen molar-refractivity contribution in [3.8, 4) is 11.3 Å². The van der Waals surface area contributed by atoms with Gasteiger partial charge in [0.25, 0.3) is 5.91 Å². The number of carbonyl (C=O) groups excluding carboxylic acids is 2. The summed E-state index contributed by atoms with van der Waals surface area (Å²) < 4.78 is 0. The molecule has 7 nitrogen and oxygen atoms in total. The van der Waals surface area contributed by atoms with E-state index < -0.39 is 0 Å². The zero-order valence-electron chi connectivity index (χ0n) is 21.8. The van der Waals surface area contributed by atoms with Crippen LogP contribution in [0, 0.1) is 0 Å². The van der Waals surface area contributed by atoms with Gasteiger partial charge in [0, 0.05) is 42.3 Å². The maximum absolute atomic E-state index is 13.5. The maximum atomic E-state index is 13.5. The average molecular weight is 540 g/mol. The van der Waals surface area contributed by atoms with Crippen LogP contribution in [0.3, 0.4) is 0 Å². The molecule has 2 heterocycles. The van der Waals surface area contributed by atoms with Crippen LogP contribution in [0.4, 0.5) is 5.82 Å². The van der Waals surface area contributed by atoms with E-state index in [0.29, 0.717) is 36.8 Å². The largest absolute Gasteiger partial charge is 0.352 e. The Kier molecular flexibility index (Phi) is 8.18. The topological polar surface area (TPSA) is 69.6 Å². The van der Waals surface area contributed by atoms with Crippen LogP contribution in [0.2, 0.25) is 5.02 Å². The number of anilines is 1. The van der Waals surface area contributed by atoms with Crippen LogP contribution >= 0.6 is 11.6 Å². The first-order valence-corrected chi connectivity index (χ1v) is 13.4. The van der Waals surface area contributed by atoms with Crippen LogP contribution in [-0.2, 0) is 4.79 Å². The lowest BCUT2D eigenvalue weighted by molar-refractivity contribution is -0.132. The quantitative estimate of drug-likeness (QED) is 0.317. The van der Waals surface area contributed by atoms with Gasteiger partial charge in [-0.1, -0.05) is 72.3 Å². The molecule has 0 aliphatic carbocycles. The summed E-state index contributed by atoms with van der Waals surface area (Å²) in [7, 11) is 0. The molecule has 1 atom stereocenters. The van der Waals surface area contributed by atoms with Crippen molar-refractivity contribution < 1.29 is 9.59 Å². The highest BCUT2D eigenvalue weighted by atomic mass is 35.5. The fourth-order valence-corrected chi connectivity index (χ4v) is 4.87. The second-order valence-corrected chi connectivity index (χ2v) is 9.97. The standard InChI is InChI=1S/C31H30ClN5O2/c1-23(24-8-4-2-5-9-24)37(31(39)26-12-14-27(32)15-13-26)22-30(38)36-20-18-35(19-21-36)29-17-16-28(33-34-29)25-10-6-3-7-11-25/h2-17,23H,18-22H2,1H3. The fraction of sp³-hybridized carbons (Fsp3) is 0.226. The third-order valence-corrected chi connectivity index (χ3v) is 7.34. The number of rotatable bonds is 7. The highest BCUT2D eigenvalue weighted by molar-refractivity contribution is 6.30. The van der Waals surface area contributed by atoms with Gasteiger partial charge in [0.15, 0.2) is 5.82 Å². The van der Waals surface area contributed by atoms with Crippen molar-refractivity contribution >= 4 is 29.2 Å². The number of piperazine rings is 1. The van der Waals surface area contributed by atoms with E-state index in [1.165, 1.54) is 0 Å². The van der Waals surface area contributed by atoms with Crippen LogP contribution in [0.1, 0.15) is 28.9 Å². The smallest absolute Gasteiger partial charge is 0.254 e. The van der Waals surface area contributed by atoms with Gasteiger partial charge in [-0.15, -0.1) is 10.2 Å². The Bertz CT molecular complexity index is 1390. The van der Waals surface area contributed by atoms with E-state index in [0.717, 1.165) is 22.6 Å². The van der Waals surface area contributed by atoms with Gasteiger partial charge in [0.2, 0.25) is 5.91 Å². The summed E-state index contributed by atoms with van der Waals surface area (Å²) >= 11 is 6.03. The Morgan fingerprint density at radius 3 is 2.08 bits per heavy atom. The summed E-state index contributed by atoms with van der Waals surface area (Å²) in [5.41, 5.74) is 3.31.